The van der Waals surface area contributed by atoms with E-state index in [2.05, 4.69) is 28.6 Å². The maximum Gasteiger partial charge on any atom is 0.358 e. The van der Waals surface area contributed by atoms with Crippen molar-refractivity contribution in [3.05, 3.63) is 107 Å². The highest BCUT2D eigenvalue weighted by molar-refractivity contribution is 5.94. The molecular weight excluding hydrogens is 450 g/mol. The molecular formula is C30H29N3O3. The number of ether oxygens (including phenoxy) is 1. The van der Waals surface area contributed by atoms with E-state index in [0.29, 0.717) is 5.56 Å². The summed E-state index contributed by atoms with van der Waals surface area (Å²) in [6, 6.07) is 25.4. The van der Waals surface area contributed by atoms with Gasteiger partial charge in [-0.3, -0.25) is 4.79 Å². The summed E-state index contributed by atoms with van der Waals surface area (Å²) in [5.41, 5.74) is 6.92. The van der Waals surface area contributed by atoms with E-state index < -0.39 is 5.97 Å². The molecule has 4 aromatic rings. The molecule has 0 radical (unpaired) electrons. The van der Waals surface area contributed by atoms with Crippen LogP contribution >= 0.6 is 0 Å². The maximum atomic E-state index is 13.1. The van der Waals surface area contributed by atoms with Gasteiger partial charge in [-0.2, -0.15) is 5.10 Å². The molecule has 1 heterocycles. The second kappa shape index (κ2) is 10.2. The molecule has 36 heavy (non-hydrogen) atoms. The van der Waals surface area contributed by atoms with Crippen molar-refractivity contribution in [2.75, 3.05) is 6.61 Å². The number of benzene rings is 3. The summed E-state index contributed by atoms with van der Waals surface area (Å²) in [7, 11) is 0. The summed E-state index contributed by atoms with van der Waals surface area (Å²) < 4.78 is 6.91. The molecule has 1 aliphatic carbocycles. The highest BCUT2D eigenvalue weighted by Crippen LogP contribution is 2.30. The summed E-state index contributed by atoms with van der Waals surface area (Å²) in [5.74, 6) is -0.565. The number of aryl methyl sites for hydroxylation is 2. The minimum atomic E-state index is -0.463. The second-order valence-corrected chi connectivity index (χ2v) is 9.03. The van der Waals surface area contributed by atoms with Crippen LogP contribution in [0.1, 0.15) is 63.3 Å². The number of rotatable bonds is 6. The van der Waals surface area contributed by atoms with Crippen LogP contribution in [0.3, 0.4) is 0 Å². The van der Waals surface area contributed by atoms with Gasteiger partial charge in [0.05, 0.1) is 24.0 Å². The molecule has 0 spiro atoms. The lowest BCUT2D eigenvalue weighted by atomic mass is 9.87. The Bertz CT molecular complexity index is 1410. The largest absolute Gasteiger partial charge is 0.461 e. The fourth-order valence-electron chi connectivity index (χ4n) is 4.83. The first-order chi connectivity index (χ1) is 17.5. The molecule has 3 aromatic carbocycles. The molecule has 1 aliphatic rings. The van der Waals surface area contributed by atoms with Crippen LogP contribution in [0.2, 0.25) is 0 Å². The van der Waals surface area contributed by atoms with Crippen molar-refractivity contribution in [1.29, 1.82) is 0 Å². The number of hydrogen-bond donors (Lipinski definition) is 1. The van der Waals surface area contributed by atoms with Crippen LogP contribution in [0.5, 0.6) is 0 Å². The van der Waals surface area contributed by atoms with Crippen molar-refractivity contribution in [1.82, 2.24) is 15.1 Å². The number of amides is 1. The Morgan fingerprint density at radius 3 is 2.56 bits per heavy atom. The van der Waals surface area contributed by atoms with E-state index in [1.54, 1.807) is 29.8 Å². The SMILES string of the molecule is CCOC(=O)c1cc(-c2ccccc2C)n(-c2ccc(C(=O)N[C@H]3CCCc4ccccc43)cc2)n1. The Labute approximate surface area is 210 Å². The minimum absolute atomic E-state index is 0.0213. The van der Waals surface area contributed by atoms with E-state index in [1.807, 2.05) is 49.4 Å². The molecule has 0 aliphatic heterocycles. The quantitative estimate of drug-likeness (QED) is 0.353. The zero-order valence-corrected chi connectivity index (χ0v) is 20.5. The van der Waals surface area contributed by atoms with Gasteiger partial charge in [-0.15, -0.1) is 0 Å². The number of hydrogen-bond acceptors (Lipinski definition) is 4. The van der Waals surface area contributed by atoms with Crippen LogP contribution in [0.25, 0.3) is 16.9 Å². The number of nitrogens with zero attached hydrogens (tertiary/aromatic N) is 2. The molecule has 1 aromatic heterocycles. The molecule has 1 N–H and O–H groups in total. The summed E-state index contributed by atoms with van der Waals surface area (Å²) in [4.78, 5) is 25.5. The van der Waals surface area contributed by atoms with Crippen LogP contribution < -0.4 is 5.32 Å². The van der Waals surface area contributed by atoms with Crippen molar-refractivity contribution in [2.45, 2.75) is 39.2 Å². The molecule has 182 valence electrons. The Morgan fingerprint density at radius 1 is 1.03 bits per heavy atom. The van der Waals surface area contributed by atoms with Gasteiger partial charge in [0.2, 0.25) is 0 Å². The second-order valence-electron chi connectivity index (χ2n) is 9.03. The Kier molecular flexibility index (Phi) is 6.67. The molecule has 6 heteroatoms. The first-order valence-corrected chi connectivity index (χ1v) is 12.4. The monoisotopic (exact) mass is 479 g/mol. The predicted molar refractivity (Wildman–Crippen MR) is 139 cm³/mol. The first-order valence-electron chi connectivity index (χ1n) is 12.4. The van der Waals surface area contributed by atoms with Crippen LogP contribution in [-0.2, 0) is 11.2 Å². The fraction of sp³-hybridized carbons (Fsp3) is 0.233. The molecule has 6 nitrogen and oxygen atoms in total. The minimum Gasteiger partial charge on any atom is -0.461 e. The average molecular weight is 480 g/mol. The van der Waals surface area contributed by atoms with E-state index in [-0.39, 0.29) is 24.2 Å². The molecule has 0 fully saturated rings. The number of carbonyl (C=O) groups excluding carboxylic acids is 2. The molecule has 1 amide bonds. The van der Waals surface area contributed by atoms with Crippen molar-refractivity contribution in [2.24, 2.45) is 0 Å². The molecule has 0 unspecified atom stereocenters. The van der Waals surface area contributed by atoms with E-state index in [9.17, 15) is 9.59 Å². The van der Waals surface area contributed by atoms with E-state index >= 15 is 0 Å². The molecule has 1 atom stereocenters. The van der Waals surface area contributed by atoms with Gasteiger partial charge in [0, 0.05) is 11.1 Å². The topological polar surface area (TPSA) is 73.2 Å². The van der Waals surface area contributed by atoms with Crippen LogP contribution in [0.4, 0.5) is 0 Å². The fourth-order valence-corrected chi connectivity index (χ4v) is 4.83. The number of fused-ring (bicyclic) bond motifs is 1. The Morgan fingerprint density at radius 2 is 1.78 bits per heavy atom. The third-order valence-electron chi connectivity index (χ3n) is 6.66. The zero-order valence-electron chi connectivity index (χ0n) is 20.5. The smallest absolute Gasteiger partial charge is 0.358 e. The molecule has 0 bridgehead atoms. The summed E-state index contributed by atoms with van der Waals surface area (Å²) >= 11 is 0. The number of nitrogens with one attached hydrogen (secondary N) is 1. The molecule has 0 saturated carbocycles. The van der Waals surface area contributed by atoms with E-state index in [1.165, 1.54) is 11.1 Å². The van der Waals surface area contributed by atoms with Crippen molar-refractivity contribution in [3.8, 4) is 16.9 Å². The predicted octanol–water partition coefficient (Wildman–Crippen LogP) is 5.83. The van der Waals surface area contributed by atoms with Gasteiger partial charge < -0.3 is 10.1 Å². The average Bonchev–Trinajstić information content (AvgIpc) is 3.35. The normalized spacial score (nSPS) is 14.7. The lowest BCUT2D eigenvalue weighted by molar-refractivity contribution is 0.0518. The van der Waals surface area contributed by atoms with Crippen molar-refractivity contribution >= 4 is 11.9 Å². The number of esters is 1. The number of aromatic nitrogens is 2. The lowest BCUT2D eigenvalue weighted by Gasteiger charge is -2.26. The summed E-state index contributed by atoms with van der Waals surface area (Å²) in [6.07, 6.45) is 3.05. The third kappa shape index (κ3) is 4.67. The highest BCUT2D eigenvalue weighted by Gasteiger charge is 2.22. The zero-order chi connectivity index (χ0) is 25.1. The van der Waals surface area contributed by atoms with Gasteiger partial charge in [0.1, 0.15) is 0 Å². The maximum absolute atomic E-state index is 13.1. The Balaban J connectivity index is 1.43. The van der Waals surface area contributed by atoms with Crippen LogP contribution in [0, 0.1) is 6.92 Å². The van der Waals surface area contributed by atoms with Gasteiger partial charge in [0.25, 0.3) is 5.91 Å². The van der Waals surface area contributed by atoms with Gasteiger partial charge in [0.15, 0.2) is 5.69 Å². The molecule has 5 rings (SSSR count). The van der Waals surface area contributed by atoms with Crippen molar-refractivity contribution < 1.29 is 14.3 Å². The van der Waals surface area contributed by atoms with E-state index in [4.69, 9.17) is 4.74 Å². The van der Waals surface area contributed by atoms with Gasteiger partial charge in [-0.1, -0.05) is 48.5 Å². The lowest BCUT2D eigenvalue weighted by Crippen LogP contribution is -2.30. The highest BCUT2D eigenvalue weighted by atomic mass is 16.5. The van der Waals surface area contributed by atoms with Crippen LogP contribution in [0.15, 0.2) is 78.9 Å². The third-order valence-corrected chi connectivity index (χ3v) is 6.66. The van der Waals surface area contributed by atoms with Crippen LogP contribution in [-0.4, -0.2) is 28.3 Å². The number of carbonyl (C=O) groups is 2. The summed E-state index contributed by atoms with van der Waals surface area (Å²) in [5, 5.41) is 7.76. The van der Waals surface area contributed by atoms with Crippen molar-refractivity contribution in [3.63, 3.8) is 0 Å². The van der Waals surface area contributed by atoms with Gasteiger partial charge in [-0.25, -0.2) is 9.48 Å². The first kappa shape index (κ1) is 23.5. The van der Waals surface area contributed by atoms with E-state index in [0.717, 1.165) is 41.8 Å². The van der Waals surface area contributed by atoms with Gasteiger partial charge >= 0.3 is 5.97 Å². The molecule has 0 saturated heterocycles. The summed E-state index contributed by atoms with van der Waals surface area (Å²) in [6.45, 7) is 4.07. The standard InChI is InChI=1S/C30H29N3O3/c1-3-36-30(35)27-19-28(24-12-6-4-9-20(24)2)33(32-27)23-17-15-22(16-18-23)29(34)31-26-14-8-11-21-10-5-7-13-25(21)26/h4-7,9-10,12-13,15-19,26H,3,8,11,14H2,1-2H3,(H,31,34)/t26-/m0/s1. The van der Waals surface area contributed by atoms with Gasteiger partial charge in [-0.05, 0) is 80.1 Å². The Hall–Kier alpha value is -4.19.